The van der Waals surface area contributed by atoms with E-state index < -0.39 is 0 Å². The Morgan fingerprint density at radius 3 is 2.40 bits per heavy atom. The number of hydrogen-bond donors (Lipinski definition) is 0. The maximum absolute atomic E-state index is 6.72. The molecule has 0 aliphatic carbocycles. The lowest BCUT2D eigenvalue weighted by Gasteiger charge is -2.23. The Hall–Kier alpha value is -1.18. The maximum atomic E-state index is 6.72. The average molecular weight is 309 g/mol. The Balaban J connectivity index is 2.38. The van der Waals surface area contributed by atoms with E-state index in [9.17, 15) is 0 Å². The lowest BCUT2D eigenvalue weighted by atomic mass is 9.89. The van der Waals surface area contributed by atoms with E-state index in [4.69, 9.17) is 27.9 Å². The van der Waals surface area contributed by atoms with Crippen LogP contribution in [-0.4, -0.2) is 7.11 Å². The molecule has 0 spiro atoms. The number of rotatable bonds is 5. The lowest BCUT2D eigenvalue weighted by molar-refractivity contribution is 0.406. The first kappa shape index (κ1) is 15.2. The molecule has 0 aliphatic rings. The lowest BCUT2D eigenvalue weighted by Crippen LogP contribution is -2.07. The third-order valence-corrected chi connectivity index (χ3v) is 4.28. The van der Waals surface area contributed by atoms with Gasteiger partial charge in [-0.25, -0.2) is 0 Å². The minimum atomic E-state index is -0.170. The molecule has 2 aromatic rings. The third-order valence-electron chi connectivity index (χ3n) is 3.51. The molecule has 1 nitrogen and oxygen atoms in total. The molecule has 0 N–H and O–H groups in total. The third kappa shape index (κ3) is 3.28. The second-order valence-corrected chi connectivity index (χ2v) is 5.62. The molecule has 2 rings (SSSR count). The smallest absolute Gasteiger partial charge is 0.123 e. The summed E-state index contributed by atoms with van der Waals surface area (Å²) >= 11 is 12.8. The highest BCUT2D eigenvalue weighted by Crippen LogP contribution is 2.42. The molecule has 3 heteroatoms. The predicted octanol–water partition coefficient (Wildman–Crippen LogP) is 5.82. The molecule has 2 atom stereocenters. The zero-order valence-corrected chi connectivity index (χ0v) is 13.2. The highest BCUT2D eigenvalue weighted by atomic mass is 35.5. The molecule has 0 bridgehead atoms. The van der Waals surface area contributed by atoms with Crippen molar-refractivity contribution in [3.63, 3.8) is 0 Å². The van der Waals surface area contributed by atoms with E-state index in [0.717, 1.165) is 17.7 Å². The Morgan fingerprint density at radius 2 is 1.80 bits per heavy atom. The fraction of sp³-hybridized carbons (Fsp3) is 0.294. The zero-order chi connectivity index (χ0) is 14.5. The predicted molar refractivity (Wildman–Crippen MR) is 86.1 cm³/mol. The fourth-order valence-electron chi connectivity index (χ4n) is 2.45. The van der Waals surface area contributed by atoms with Crippen LogP contribution in [0, 0.1) is 0 Å². The quantitative estimate of drug-likeness (QED) is 0.632. The monoisotopic (exact) mass is 308 g/mol. The molecule has 0 saturated heterocycles. The summed E-state index contributed by atoms with van der Waals surface area (Å²) in [4.78, 5) is 0. The molecule has 0 saturated carbocycles. The van der Waals surface area contributed by atoms with Crippen molar-refractivity contribution < 1.29 is 4.74 Å². The number of halogens is 2. The van der Waals surface area contributed by atoms with Crippen LogP contribution in [0.4, 0.5) is 0 Å². The van der Waals surface area contributed by atoms with Crippen LogP contribution in [0.3, 0.4) is 0 Å². The van der Waals surface area contributed by atoms with Crippen molar-refractivity contribution in [3.8, 4) is 5.75 Å². The normalized spacial score (nSPS) is 13.8. The number of ether oxygens (including phenoxy) is 1. The van der Waals surface area contributed by atoms with Gasteiger partial charge < -0.3 is 4.74 Å². The molecule has 2 aromatic carbocycles. The molecule has 0 amide bonds. The van der Waals surface area contributed by atoms with Crippen molar-refractivity contribution in [2.75, 3.05) is 7.11 Å². The SMILES string of the molecule is CCC(c1ccccc1)C(Cl)c1cc(Cl)ccc1OC. The van der Waals surface area contributed by atoms with Crippen LogP contribution in [0.15, 0.2) is 48.5 Å². The van der Waals surface area contributed by atoms with Gasteiger partial charge in [-0.1, -0.05) is 48.9 Å². The zero-order valence-electron chi connectivity index (χ0n) is 11.6. The molecule has 20 heavy (non-hydrogen) atoms. The van der Waals surface area contributed by atoms with Crippen molar-refractivity contribution >= 4 is 23.2 Å². The summed E-state index contributed by atoms with van der Waals surface area (Å²) in [5.74, 6) is 1.01. The van der Waals surface area contributed by atoms with Gasteiger partial charge in [0, 0.05) is 16.5 Å². The van der Waals surface area contributed by atoms with Crippen LogP contribution in [0.2, 0.25) is 5.02 Å². The van der Waals surface area contributed by atoms with E-state index in [2.05, 4.69) is 19.1 Å². The van der Waals surface area contributed by atoms with E-state index in [1.807, 2.05) is 36.4 Å². The van der Waals surface area contributed by atoms with Crippen molar-refractivity contribution in [1.82, 2.24) is 0 Å². The first-order chi connectivity index (χ1) is 9.67. The van der Waals surface area contributed by atoms with Gasteiger partial charge in [0.15, 0.2) is 0 Å². The van der Waals surface area contributed by atoms with Gasteiger partial charge in [0.2, 0.25) is 0 Å². The van der Waals surface area contributed by atoms with Gasteiger partial charge in [-0.2, -0.15) is 0 Å². The van der Waals surface area contributed by atoms with Crippen LogP contribution < -0.4 is 4.74 Å². The van der Waals surface area contributed by atoms with E-state index in [1.54, 1.807) is 7.11 Å². The Bertz CT molecular complexity index is 554. The van der Waals surface area contributed by atoms with Crippen molar-refractivity contribution in [3.05, 3.63) is 64.7 Å². The molecular formula is C17H18Cl2O. The van der Waals surface area contributed by atoms with Gasteiger partial charge in [0.1, 0.15) is 5.75 Å². The summed E-state index contributed by atoms with van der Waals surface area (Å²) in [6.07, 6.45) is 0.952. The summed E-state index contributed by atoms with van der Waals surface area (Å²) in [5.41, 5.74) is 2.18. The maximum Gasteiger partial charge on any atom is 0.123 e. The van der Waals surface area contributed by atoms with Gasteiger partial charge in [0.05, 0.1) is 12.5 Å². The highest BCUT2D eigenvalue weighted by molar-refractivity contribution is 6.31. The van der Waals surface area contributed by atoms with E-state index in [0.29, 0.717) is 5.02 Å². The Labute approximate surface area is 130 Å². The van der Waals surface area contributed by atoms with Crippen molar-refractivity contribution in [1.29, 1.82) is 0 Å². The van der Waals surface area contributed by atoms with Crippen molar-refractivity contribution in [2.45, 2.75) is 24.6 Å². The molecule has 0 fully saturated rings. The summed E-state index contributed by atoms with van der Waals surface area (Å²) in [6, 6.07) is 15.9. The summed E-state index contributed by atoms with van der Waals surface area (Å²) in [7, 11) is 1.65. The van der Waals surface area contributed by atoms with Gasteiger partial charge in [0.25, 0.3) is 0 Å². The largest absolute Gasteiger partial charge is 0.496 e. The topological polar surface area (TPSA) is 9.23 Å². The van der Waals surface area contributed by atoms with Gasteiger partial charge in [-0.05, 0) is 30.2 Å². The molecule has 2 unspecified atom stereocenters. The number of alkyl halides is 1. The van der Waals surface area contributed by atoms with E-state index >= 15 is 0 Å². The summed E-state index contributed by atoms with van der Waals surface area (Å²) < 4.78 is 5.41. The number of benzene rings is 2. The van der Waals surface area contributed by atoms with Crippen molar-refractivity contribution in [2.24, 2.45) is 0 Å². The first-order valence-corrected chi connectivity index (χ1v) is 7.51. The van der Waals surface area contributed by atoms with E-state index in [-0.39, 0.29) is 11.3 Å². The van der Waals surface area contributed by atoms with E-state index in [1.165, 1.54) is 5.56 Å². The molecular weight excluding hydrogens is 291 g/mol. The second-order valence-electron chi connectivity index (χ2n) is 4.71. The Kier molecular flexibility index (Phi) is 5.33. The van der Waals surface area contributed by atoms with Crippen LogP contribution in [-0.2, 0) is 0 Å². The fourth-order valence-corrected chi connectivity index (χ4v) is 3.12. The van der Waals surface area contributed by atoms with Gasteiger partial charge >= 0.3 is 0 Å². The Morgan fingerprint density at radius 1 is 1.10 bits per heavy atom. The molecule has 106 valence electrons. The molecule has 0 aliphatic heterocycles. The minimum Gasteiger partial charge on any atom is -0.496 e. The van der Waals surface area contributed by atoms with Gasteiger partial charge in [-0.3, -0.25) is 0 Å². The second kappa shape index (κ2) is 7.01. The number of methoxy groups -OCH3 is 1. The van der Waals surface area contributed by atoms with Crippen LogP contribution >= 0.6 is 23.2 Å². The summed E-state index contributed by atoms with van der Waals surface area (Å²) in [5, 5.41) is 0.505. The molecule has 0 radical (unpaired) electrons. The van der Waals surface area contributed by atoms with Crippen LogP contribution in [0.1, 0.15) is 35.8 Å². The van der Waals surface area contributed by atoms with Crippen LogP contribution in [0.25, 0.3) is 0 Å². The first-order valence-electron chi connectivity index (χ1n) is 6.69. The standard InChI is InChI=1S/C17H18Cl2O/c1-3-14(12-7-5-4-6-8-12)17(19)15-11-13(18)9-10-16(15)20-2/h4-11,14,17H,3H2,1-2H3. The molecule has 0 heterocycles. The van der Waals surface area contributed by atoms with Gasteiger partial charge in [-0.15, -0.1) is 11.6 Å². The van der Waals surface area contributed by atoms with Crippen LogP contribution in [0.5, 0.6) is 5.75 Å². The number of hydrogen-bond acceptors (Lipinski definition) is 1. The summed E-state index contributed by atoms with van der Waals surface area (Å²) in [6.45, 7) is 2.14. The highest BCUT2D eigenvalue weighted by Gasteiger charge is 2.24. The minimum absolute atomic E-state index is 0.170. The molecule has 0 aromatic heterocycles. The average Bonchev–Trinajstić information content (AvgIpc) is 2.49.